The SMILES string of the molecule is O=C(Nc1ccccc1N1CCCC1)c1ccc2noc(-c3ccccc3)c2c1. The smallest absolute Gasteiger partial charge is 0.255 e. The highest BCUT2D eigenvalue weighted by Crippen LogP contribution is 2.31. The summed E-state index contributed by atoms with van der Waals surface area (Å²) < 4.78 is 5.55. The van der Waals surface area contributed by atoms with E-state index in [1.165, 1.54) is 12.8 Å². The summed E-state index contributed by atoms with van der Waals surface area (Å²) in [5.41, 5.74) is 4.17. The van der Waals surface area contributed by atoms with Crippen LogP contribution in [0.1, 0.15) is 23.2 Å². The lowest BCUT2D eigenvalue weighted by molar-refractivity contribution is 0.102. The van der Waals surface area contributed by atoms with Gasteiger partial charge in [-0.25, -0.2) is 0 Å². The molecule has 0 bridgehead atoms. The van der Waals surface area contributed by atoms with Gasteiger partial charge in [-0.1, -0.05) is 47.6 Å². The minimum atomic E-state index is -0.140. The van der Waals surface area contributed by atoms with Crippen molar-refractivity contribution in [1.29, 1.82) is 0 Å². The lowest BCUT2D eigenvalue weighted by atomic mass is 10.1. The fraction of sp³-hybridized carbons (Fsp3) is 0.167. The molecule has 5 heteroatoms. The Morgan fingerprint density at radius 1 is 0.931 bits per heavy atom. The number of rotatable bonds is 4. The number of carbonyl (C=O) groups is 1. The van der Waals surface area contributed by atoms with Crippen LogP contribution < -0.4 is 10.2 Å². The number of benzene rings is 3. The van der Waals surface area contributed by atoms with Gasteiger partial charge in [0.25, 0.3) is 5.91 Å². The number of para-hydroxylation sites is 2. The Morgan fingerprint density at radius 2 is 1.69 bits per heavy atom. The van der Waals surface area contributed by atoms with E-state index in [0.717, 1.165) is 40.9 Å². The first-order chi connectivity index (χ1) is 14.3. The highest BCUT2D eigenvalue weighted by atomic mass is 16.5. The van der Waals surface area contributed by atoms with Crippen LogP contribution in [0.3, 0.4) is 0 Å². The summed E-state index contributed by atoms with van der Waals surface area (Å²) in [6.07, 6.45) is 2.38. The fourth-order valence-electron chi connectivity index (χ4n) is 3.89. The third-order valence-corrected chi connectivity index (χ3v) is 5.37. The first kappa shape index (κ1) is 17.5. The highest BCUT2D eigenvalue weighted by Gasteiger charge is 2.18. The lowest BCUT2D eigenvalue weighted by Gasteiger charge is -2.21. The molecular weight excluding hydrogens is 362 g/mol. The van der Waals surface area contributed by atoms with E-state index in [1.807, 2.05) is 60.7 Å². The largest absolute Gasteiger partial charge is 0.370 e. The maximum atomic E-state index is 13.0. The van der Waals surface area contributed by atoms with Gasteiger partial charge in [-0.2, -0.15) is 0 Å². The predicted octanol–water partition coefficient (Wildman–Crippen LogP) is 5.35. The van der Waals surface area contributed by atoms with Gasteiger partial charge >= 0.3 is 0 Å². The minimum absolute atomic E-state index is 0.140. The van der Waals surface area contributed by atoms with E-state index in [1.54, 1.807) is 6.07 Å². The van der Waals surface area contributed by atoms with Crippen molar-refractivity contribution in [2.24, 2.45) is 0 Å². The molecule has 3 aromatic carbocycles. The van der Waals surface area contributed by atoms with Crippen molar-refractivity contribution in [1.82, 2.24) is 5.16 Å². The fourth-order valence-corrected chi connectivity index (χ4v) is 3.89. The van der Waals surface area contributed by atoms with Crippen molar-refractivity contribution < 1.29 is 9.32 Å². The summed E-state index contributed by atoms with van der Waals surface area (Å²) >= 11 is 0. The zero-order chi connectivity index (χ0) is 19.6. The molecule has 1 amide bonds. The summed E-state index contributed by atoms with van der Waals surface area (Å²) in [5.74, 6) is 0.534. The second kappa shape index (κ2) is 7.43. The van der Waals surface area contributed by atoms with Crippen LogP contribution in [-0.2, 0) is 0 Å². The molecule has 29 heavy (non-hydrogen) atoms. The lowest BCUT2D eigenvalue weighted by Crippen LogP contribution is -2.21. The summed E-state index contributed by atoms with van der Waals surface area (Å²) in [6.45, 7) is 2.06. The van der Waals surface area contributed by atoms with Gasteiger partial charge in [-0.15, -0.1) is 0 Å². The number of fused-ring (bicyclic) bond motifs is 1. The van der Waals surface area contributed by atoms with Crippen molar-refractivity contribution in [3.05, 3.63) is 78.4 Å². The van der Waals surface area contributed by atoms with E-state index < -0.39 is 0 Å². The molecule has 4 aromatic rings. The van der Waals surface area contributed by atoms with Crippen molar-refractivity contribution in [3.63, 3.8) is 0 Å². The first-order valence-electron chi connectivity index (χ1n) is 9.90. The summed E-state index contributed by atoms with van der Waals surface area (Å²) in [7, 11) is 0. The second-order valence-electron chi connectivity index (χ2n) is 7.28. The molecule has 144 valence electrons. The molecule has 0 atom stereocenters. The highest BCUT2D eigenvalue weighted by molar-refractivity contribution is 6.08. The average molecular weight is 383 g/mol. The van der Waals surface area contributed by atoms with E-state index in [0.29, 0.717) is 11.3 Å². The van der Waals surface area contributed by atoms with E-state index in [2.05, 4.69) is 21.4 Å². The van der Waals surface area contributed by atoms with E-state index >= 15 is 0 Å². The monoisotopic (exact) mass is 383 g/mol. The van der Waals surface area contributed by atoms with Gasteiger partial charge in [-0.3, -0.25) is 4.79 Å². The number of carbonyl (C=O) groups excluding carboxylic acids is 1. The Labute approximate surface area is 168 Å². The molecule has 0 unspecified atom stereocenters. The third-order valence-electron chi connectivity index (χ3n) is 5.37. The van der Waals surface area contributed by atoms with Crippen LogP contribution in [0, 0.1) is 0 Å². The summed E-state index contributed by atoms with van der Waals surface area (Å²) in [4.78, 5) is 15.3. The zero-order valence-corrected chi connectivity index (χ0v) is 16.0. The van der Waals surface area contributed by atoms with Crippen LogP contribution in [0.15, 0.2) is 77.3 Å². The minimum Gasteiger partial charge on any atom is -0.370 e. The normalized spacial score (nSPS) is 13.7. The summed E-state index contributed by atoms with van der Waals surface area (Å²) in [5, 5.41) is 8.05. The molecular formula is C24H21N3O2. The van der Waals surface area contributed by atoms with Crippen LogP contribution in [0.25, 0.3) is 22.2 Å². The van der Waals surface area contributed by atoms with Crippen molar-refractivity contribution in [3.8, 4) is 11.3 Å². The molecule has 5 rings (SSSR count). The Bertz CT molecular complexity index is 1160. The zero-order valence-electron chi connectivity index (χ0n) is 16.0. The topological polar surface area (TPSA) is 58.4 Å². The van der Waals surface area contributed by atoms with Crippen LogP contribution in [0.4, 0.5) is 11.4 Å². The molecule has 1 saturated heterocycles. The molecule has 1 aromatic heterocycles. The summed E-state index contributed by atoms with van der Waals surface area (Å²) in [6, 6.07) is 23.3. The molecule has 1 aliphatic rings. The number of amides is 1. The molecule has 5 nitrogen and oxygen atoms in total. The number of hydrogen-bond acceptors (Lipinski definition) is 4. The van der Waals surface area contributed by atoms with Gasteiger partial charge in [0.1, 0.15) is 5.52 Å². The molecule has 2 heterocycles. The predicted molar refractivity (Wildman–Crippen MR) is 115 cm³/mol. The molecule has 0 spiro atoms. The number of nitrogens with zero attached hydrogens (tertiary/aromatic N) is 2. The Kier molecular flexibility index (Phi) is 4.48. The van der Waals surface area contributed by atoms with Gasteiger partial charge < -0.3 is 14.7 Å². The number of anilines is 2. The van der Waals surface area contributed by atoms with Gasteiger partial charge in [-0.05, 0) is 43.2 Å². The van der Waals surface area contributed by atoms with Gasteiger partial charge in [0, 0.05) is 24.2 Å². The Morgan fingerprint density at radius 3 is 2.52 bits per heavy atom. The van der Waals surface area contributed by atoms with Gasteiger partial charge in [0.2, 0.25) is 0 Å². The quantitative estimate of drug-likeness (QED) is 0.516. The van der Waals surface area contributed by atoms with Crippen LogP contribution >= 0.6 is 0 Å². The molecule has 0 radical (unpaired) electrons. The molecule has 0 aliphatic carbocycles. The number of nitrogens with one attached hydrogen (secondary N) is 1. The maximum Gasteiger partial charge on any atom is 0.255 e. The number of hydrogen-bond donors (Lipinski definition) is 1. The van der Waals surface area contributed by atoms with E-state index in [4.69, 9.17) is 4.52 Å². The van der Waals surface area contributed by atoms with E-state index in [-0.39, 0.29) is 5.91 Å². The van der Waals surface area contributed by atoms with Crippen LogP contribution in [0.2, 0.25) is 0 Å². The van der Waals surface area contributed by atoms with Crippen molar-refractivity contribution >= 4 is 28.2 Å². The Hall–Kier alpha value is -3.60. The van der Waals surface area contributed by atoms with Crippen molar-refractivity contribution in [2.75, 3.05) is 23.3 Å². The molecule has 1 aliphatic heterocycles. The maximum absolute atomic E-state index is 13.0. The average Bonchev–Trinajstić information content (AvgIpc) is 3.44. The third kappa shape index (κ3) is 3.36. The van der Waals surface area contributed by atoms with Gasteiger partial charge in [0.05, 0.1) is 16.8 Å². The van der Waals surface area contributed by atoms with Crippen molar-refractivity contribution in [2.45, 2.75) is 12.8 Å². The Balaban J connectivity index is 1.46. The van der Waals surface area contributed by atoms with Crippen LogP contribution in [0.5, 0.6) is 0 Å². The van der Waals surface area contributed by atoms with Gasteiger partial charge in [0.15, 0.2) is 5.76 Å². The first-order valence-corrected chi connectivity index (χ1v) is 9.90. The standard InChI is InChI=1S/C24H21N3O2/c28-24(25-21-10-4-5-11-22(21)27-14-6-7-15-27)18-12-13-20-19(16-18)23(29-26-20)17-8-2-1-3-9-17/h1-5,8-13,16H,6-7,14-15H2,(H,25,28). The second-order valence-corrected chi connectivity index (χ2v) is 7.28. The molecule has 0 saturated carbocycles. The van der Waals surface area contributed by atoms with Crippen LogP contribution in [-0.4, -0.2) is 24.2 Å². The van der Waals surface area contributed by atoms with E-state index in [9.17, 15) is 4.79 Å². The molecule has 1 N–H and O–H groups in total. The number of aromatic nitrogens is 1. The molecule has 1 fully saturated rings.